The van der Waals surface area contributed by atoms with E-state index in [1.807, 2.05) is 0 Å². The number of fused-ring (bicyclic) bond motifs is 18. The Kier molecular flexibility index (Phi) is 8.11. The van der Waals surface area contributed by atoms with Crippen molar-refractivity contribution in [3.8, 4) is 28.3 Å². The molecule has 10 aromatic rings. The molecule has 0 radical (unpaired) electrons. The molecule has 0 saturated heterocycles. The van der Waals surface area contributed by atoms with Crippen LogP contribution in [0.15, 0.2) is 149 Å². The van der Waals surface area contributed by atoms with Crippen LogP contribution in [0.1, 0.15) is 54.5 Å². The smallest absolute Gasteiger partial charge is 0.304 e. The minimum absolute atomic E-state index is 0.0612. The summed E-state index contributed by atoms with van der Waals surface area (Å²) < 4.78 is 21.5. The Morgan fingerprint density at radius 3 is 2.21 bits per heavy atom. The fourth-order valence-corrected chi connectivity index (χ4v) is 12.9. The summed E-state index contributed by atoms with van der Waals surface area (Å²) in [5, 5.41) is 5.98. The highest BCUT2D eigenvalue weighted by molar-refractivity contribution is 6.89. The van der Waals surface area contributed by atoms with Crippen molar-refractivity contribution in [1.82, 2.24) is 4.57 Å². The molecule has 2 aliphatic heterocycles. The van der Waals surface area contributed by atoms with Crippen molar-refractivity contribution in [3.63, 3.8) is 0 Å². The molecule has 4 aromatic heterocycles. The Bertz CT molecular complexity index is 3520. The van der Waals surface area contributed by atoms with E-state index in [2.05, 4.69) is 188 Å². The van der Waals surface area contributed by atoms with E-state index in [9.17, 15) is 0 Å². The highest BCUT2D eigenvalue weighted by atomic mass is 28.3. The van der Waals surface area contributed by atoms with Gasteiger partial charge in [-0.25, -0.2) is 0 Å². The van der Waals surface area contributed by atoms with Crippen molar-refractivity contribution < 1.29 is 18.0 Å². The maximum Gasteiger partial charge on any atom is 0.304 e. The molecule has 6 aromatic carbocycles. The van der Waals surface area contributed by atoms with Gasteiger partial charge in [0.25, 0.3) is 0 Å². The third-order valence-corrected chi connectivity index (χ3v) is 15.9. The summed E-state index contributed by atoms with van der Waals surface area (Å²) >= 11 is 0. The molecule has 2 atom stereocenters. The Balaban J connectivity index is 1.24. The number of para-hydroxylation sites is 5. The number of imidazole rings is 1. The first kappa shape index (κ1) is 37.3. The minimum Gasteiger partial charge on any atom is -0.455 e. The first-order valence-corrected chi connectivity index (χ1v) is 25.8. The molecule has 2 aliphatic rings. The number of benzene rings is 6. The molecule has 5 nitrogen and oxygen atoms in total. The van der Waals surface area contributed by atoms with Crippen LogP contribution < -0.4 is 14.3 Å². The van der Waals surface area contributed by atoms with Gasteiger partial charge in [0.15, 0.2) is 39.8 Å². The Labute approximate surface area is 363 Å². The summed E-state index contributed by atoms with van der Waals surface area (Å²) in [6.07, 6.45) is 5.45. The largest absolute Gasteiger partial charge is 0.455 e. The zero-order chi connectivity index (χ0) is 42.2. The van der Waals surface area contributed by atoms with Gasteiger partial charge in [0, 0.05) is 32.8 Å². The third-order valence-electron chi connectivity index (χ3n) is 13.8. The third kappa shape index (κ3) is 5.38. The van der Waals surface area contributed by atoms with E-state index >= 15 is 0 Å². The molecule has 12 rings (SSSR count). The van der Waals surface area contributed by atoms with Crippen LogP contribution in [0, 0.1) is 12.8 Å². The van der Waals surface area contributed by atoms with Gasteiger partial charge >= 0.3 is 5.82 Å². The Morgan fingerprint density at radius 1 is 0.758 bits per heavy atom. The van der Waals surface area contributed by atoms with Gasteiger partial charge in [-0.05, 0) is 91.8 Å². The monoisotopic (exact) mass is 825 g/mol. The highest BCUT2D eigenvalue weighted by Crippen LogP contribution is 2.49. The van der Waals surface area contributed by atoms with Gasteiger partial charge in [0.2, 0.25) is 11.7 Å². The summed E-state index contributed by atoms with van der Waals surface area (Å²) in [5.74, 6) is 1.75. The number of pyridine rings is 1. The summed E-state index contributed by atoms with van der Waals surface area (Å²) in [4.78, 5) is 0. The van der Waals surface area contributed by atoms with E-state index in [1.54, 1.807) is 0 Å². The number of furan rings is 2. The Hall–Kier alpha value is -6.50. The van der Waals surface area contributed by atoms with Crippen LogP contribution >= 0.6 is 0 Å². The average molecular weight is 826 g/mol. The molecule has 0 fully saturated rings. The van der Waals surface area contributed by atoms with Gasteiger partial charge in [0.05, 0.1) is 19.6 Å². The van der Waals surface area contributed by atoms with Crippen molar-refractivity contribution in [1.29, 1.82) is 0 Å². The zero-order valence-corrected chi connectivity index (χ0v) is 37.4. The predicted molar refractivity (Wildman–Crippen MR) is 257 cm³/mol. The van der Waals surface area contributed by atoms with Crippen LogP contribution in [0.3, 0.4) is 0 Å². The number of aryl methyl sites for hydroxylation is 2. The van der Waals surface area contributed by atoms with Crippen LogP contribution in [0.2, 0.25) is 19.6 Å². The van der Waals surface area contributed by atoms with Crippen molar-refractivity contribution in [2.45, 2.75) is 71.6 Å². The summed E-state index contributed by atoms with van der Waals surface area (Å²) in [7, 11) is -1.80. The first-order valence-electron chi connectivity index (χ1n) is 22.3. The lowest BCUT2D eigenvalue weighted by molar-refractivity contribution is -0.723. The number of aromatic nitrogens is 3. The normalized spacial score (nSPS) is 16.3. The van der Waals surface area contributed by atoms with Gasteiger partial charge in [-0.15, -0.1) is 0 Å². The van der Waals surface area contributed by atoms with Crippen LogP contribution in [0.5, 0.6) is 0 Å². The molecule has 0 N–H and O–H groups in total. The van der Waals surface area contributed by atoms with E-state index < -0.39 is 8.07 Å². The summed E-state index contributed by atoms with van der Waals surface area (Å²) in [5.41, 5.74) is 16.9. The van der Waals surface area contributed by atoms with E-state index in [0.717, 1.165) is 96.9 Å². The molecule has 0 amide bonds. The van der Waals surface area contributed by atoms with Gasteiger partial charge in [-0.3, -0.25) is 0 Å². The minimum atomic E-state index is -1.80. The fraction of sp³-hybridized carbons (Fsp3) is 0.214. The van der Waals surface area contributed by atoms with Crippen LogP contribution in [0.4, 0.5) is 0 Å². The lowest BCUT2D eigenvalue weighted by Gasteiger charge is -2.32. The molecule has 6 heteroatoms. The Morgan fingerprint density at radius 2 is 1.45 bits per heavy atom. The first-order chi connectivity index (χ1) is 30.0. The van der Waals surface area contributed by atoms with Gasteiger partial charge in [-0.1, -0.05) is 124 Å². The quantitative estimate of drug-likeness (QED) is 0.131. The number of hydrogen-bond donors (Lipinski definition) is 0. The van der Waals surface area contributed by atoms with Crippen LogP contribution in [-0.2, 0) is 12.8 Å². The van der Waals surface area contributed by atoms with Crippen molar-refractivity contribution in [3.05, 3.63) is 162 Å². The topological polar surface area (TPSA) is 39.0 Å². The lowest BCUT2D eigenvalue weighted by Crippen LogP contribution is -2.57. The maximum atomic E-state index is 7.06. The molecular formula is C56H51N3O2Si+2. The van der Waals surface area contributed by atoms with Crippen molar-refractivity contribution >= 4 is 73.9 Å². The molecule has 0 bridgehead atoms. The number of rotatable bonds is 4. The van der Waals surface area contributed by atoms with E-state index in [4.69, 9.17) is 15.4 Å². The predicted octanol–water partition coefficient (Wildman–Crippen LogP) is 13.1. The summed E-state index contributed by atoms with van der Waals surface area (Å²) in [6.45, 7) is 19.7. The van der Waals surface area contributed by atoms with Gasteiger partial charge in [-0.2, -0.15) is 13.7 Å². The SMILES string of the molecule is C=C1C2C(CCc3ccc4c(oc5ccccc54)c3-c3n(-c4cccc5c4oc4ccccc45)c4ccccc4[n+]31)c1ccc(C)cc1-c1cc(CC(C)C)c([Si](C)(C)C)c[n+]12. The van der Waals surface area contributed by atoms with Gasteiger partial charge < -0.3 is 8.83 Å². The molecule has 0 spiro atoms. The molecule has 62 heavy (non-hydrogen) atoms. The molecular weight excluding hydrogens is 775 g/mol. The van der Waals surface area contributed by atoms with E-state index in [1.165, 1.54) is 38.7 Å². The molecule has 6 heterocycles. The van der Waals surface area contributed by atoms with Crippen LogP contribution in [0.25, 0.3) is 88.9 Å². The van der Waals surface area contributed by atoms with Gasteiger partial charge in [0.1, 0.15) is 16.7 Å². The second-order valence-corrected chi connectivity index (χ2v) is 24.4. The highest BCUT2D eigenvalue weighted by Gasteiger charge is 2.49. The molecule has 2 unspecified atom stereocenters. The lowest BCUT2D eigenvalue weighted by atomic mass is 9.78. The fourth-order valence-electron chi connectivity index (χ4n) is 11.2. The van der Waals surface area contributed by atoms with E-state index in [0.29, 0.717) is 5.92 Å². The number of nitrogens with zero attached hydrogens (tertiary/aromatic N) is 3. The van der Waals surface area contributed by atoms with E-state index in [-0.39, 0.29) is 12.0 Å². The van der Waals surface area contributed by atoms with Crippen molar-refractivity contribution in [2.24, 2.45) is 5.92 Å². The number of allylic oxidation sites excluding steroid dienone is 1. The second kappa shape index (κ2) is 13.5. The molecule has 0 aliphatic carbocycles. The standard InChI is InChI=1S/C56H51N3O2Si/c1-33(2)29-37-31-48-44-30-34(3)23-26-38(44)41-27-24-36-25-28-43-40-16-9-13-22-50(40)61-55(43)52(36)56-58(35(4)53(41)57(48)32-51(37)62(5,6)7)45-18-10-11-19-46(45)59(56)47-20-14-17-42-39-15-8-12-21-49(39)60-54(42)47/h8-23,25-26,28,30-33,41,53H,4,24,27,29H2,1-3,5-7H3/q+2. The molecule has 0 saturated carbocycles. The zero-order valence-electron chi connectivity index (χ0n) is 36.4. The second-order valence-electron chi connectivity index (χ2n) is 19.3. The van der Waals surface area contributed by atoms with Crippen LogP contribution in [-0.4, -0.2) is 12.6 Å². The average Bonchev–Trinajstić information content (AvgIpc) is 3.94. The maximum absolute atomic E-state index is 7.06. The molecule has 304 valence electrons. The van der Waals surface area contributed by atoms with Crippen molar-refractivity contribution in [2.75, 3.05) is 0 Å². The summed E-state index contributed by atoms with van der Waals surface area (Å²) in [6, 6.07) is 46.6. The number of hydrogen-bond acceptors (Lipinski definition) is 2.